The van der Waals surface area contributed by atoms with Gasteiger partial charge in [0, 0.05) is 0 Å². The van der Waals surface area contributed by atoms with Crippen molar-refractivity contribution in [2.24, 2.45) is 0 Å². The first-order valence-corrected chi connectivity index (χ1v) is 5.67. The molecule has 0 amide bonds. The lowest BCUT2D eigenvalue weighted by Gasteiger charge is -2.12. The fourth-order valence-electron chi connectivity index (χ4n) is 1.71. The number of phenols is 2. The van der Waals surface area contributed by atoms with Crippen LogP contribution in [0, 0.1) is 0 Å². The smallest absolute Gasteiger partial charge is 0.157 e. The summed E-state index contributed by atoms with van der Waals surface area (Å²) in [5.74, 6) is 0.386. The molecule has 2 heteroatoms. The summed E-state index contributed by atoms with van der Waals surface area (Å²) in [6, 6.07) is 5.10. The number of aromatic hydroxyl groups is 2. The van der Waals surface area contributed by atoms with Crippen molar-refractivity contribution >= 4 is 0 Å². The molecule has 0 heterocycles. The van der Waals surface area contributed by atoms with E-state index in [2.05, 4.69) is 13.8 Å². The fraction of sp³-hybridized carbons (Fsp3) is 0.538. The second-order valence-electron chi connectivity index (χ2n) is 4.14. The van der Waals surface area contributed by atoms with Crippen molar-refractivity contribution in [2.45, 2.75) is 45.4 Å². The van der Waals surface area contributed by atoms with E-state index in [-0.39, 0.29) is 11.5 Å². The largest absolute Gasteiger partial charge is 0.504 e. The van der Waals surface area contributed by atoms with Crippen molar-refractivity contribution in [3.63, 3.8) is 0 Å². The van der Waals surface area contributed by atoms with E-state index in [4.69, 9.17) is 0 Å². The normalized spacial score (nSPS) is 12.7. The second-order valence-corrected chi connectivity index (χ2v) is 4.14. The lowest BCUT2D eigenvalue weighted by molar-refractivity contribution is 0.402. The maximum absolute atomic E-state index is 9.37. The highest BCUT2D eigenvalue weighted by molar-refractivity contribution is 5.41. The first kappa shape index (κ1) is 11.9. The van der Waals surface area contributed by atoms with Crippen LogP contribution in [0.5, 0.6) is 11.5 Å². The molecule has 0 saturated carbocycles. The number of rotatable bonds is 5. The fourth-order valence-corrected chi connectivity index (χ4v) is 1.71. The minimum Gasteiger partial charge on any atom is -0.504 e. The first-order chi connectivity index (χ1) is 7.15. The summed E-state index contributed by atoms with van der Waals surface area (Å²) < 4.78 is 0. The second kappa shape index (κ2) is 5.64. The maximum Gasteiger partial charge on any atom is 0.157 e. The third-order valence-electron chi connectivity index (χ3n) is 2.81. The number of unbranched alkanes of at least 4 members (excludes halogenated alkanes) is 2. The molecule has 15 heavy (non-hydrogen) atoms. The minimum absolute atomic E-state index is 0.0187. The molecule has 0 aromatic heterocycles. The quantitative estimate of drug-likeness (QED) is 0.571. The Hall–Kier alpha value is -1.18. The molecule has 0 bridgehead atoms. The van der Waals surface area contributed by atoms with E-state index in [0.717, 1.165) is 12.0 Å². The highest BCUT2D eigenvalue weighted by Crippen LogP contribution is 2.30. The van der Waals surface area contributed by atoms with Gasteiger partial charge in [-0.2, -0.15) is 0 Å². The van der Waals surface area contributed by atoms with Crippen LogP contribution in [-0.4, -0.2) is 10.2 Å². The van der Waals surface area contributed by atoms with Gasteiger partial charge in [0.25, 0.3) is 0 Å². The Bertz CT molecular complexity index is 307. The van der Waals surface area contributed by atoms with Crippen LogP contribution in [0.25, 0.3) is 0 Å². The molecule has 0 aliphatic heterocycles. The average molecular weight is 208 g/mol. The van der Waals surface area contributed by atoms with E-state index in [9.17, 15) is 10.2 Å². The first-order valence-electron chi connectivity index (χ1n) is 5.67. The van der Waals surface area contributed by atoms with Gasteiger partial charge in [0.05, 0.1) is 0 Å². The van der Waals surface area contributed by atoms with Gasteiger partial charge in [0.1, 0.15) is 0 Å². The van der Waals surface area contributed by atoms with Crippen LogP contribution in [0.15, 0.2) is 18.2 Å². The van der Waals surface area contributed by atoms with Gasteiger partial charge in [-0.1, -0.05) is 39.2 Å². The molecule has 1 aromatic rings. The number of hydrogen-bond donors (Lipinski definition) is 2. The molecule has 1 aromatic carbocycles. The lowest BCUT2D eigenvalue weighted by atomic mass is 9.95. The van der Waals surface area contributed by atoms with Gasteiger partial charge in [0.2, 0.25) is 0 Å². The molecular formula is C13H20O2. The maximum atomic E-state index is 9.37. The Kier molecular flexibility index (Phi) is 4.47. The van der Waals surface area contributed by atoms with Crippen LogP contribution in [-0.2, 0) is 0 Å². The third kappa shape index (κ3) is 3.46. The number of benzene rings is 1. The molecule has 0 radical (unpaired) electrons. The summed E-state index contributed by atoms with van der Waals surface area (Å²) in [5, 5.41) is 18.6. The number of hydrogen-bond acceptors (Lipinski definition) is 2. The Labute approximate surface area is 91.6 Å². The summed E-state index contributed by atoms with van der Waals surface area (Å²) in [6.45, 7) is 4.35. The molecule has 0 fully saturated rings. The van der Waals surface area contributed by atoms with Gasteiger partial charge in [-0.15, -0.1) is 0 Å². The van der Waals surface area contributed by atoms with Crippen LogP contribution < -0.4 is 0 Å². The standard InChI is InChI=1S/C13H20O2/c1-3-4-5-6-10(2)11-7-8-12(14)13(15)9-11/h7-10,14-15H,3-6H2,1-2H3. The molecule has 0 spiro atoms. The van der Waals surface area contributed by atoms with Crippen LogP contribution in [0.4, 0.5) is 0 Å². The monoisotopic (exact) mass is 208 g/mol. The van der Waals surface area contributed by atoms with Gasteiger partial charge in [-0.3, -0.25) is 0 Å². The average Bonchev–Trinajstić information content (AvgIpc) is 2.22. The highest BCUT2D eigenvalue weighted by atomic mass is 16.3. The predicted molar refractivity (Wildman–Crippen MR) is 62.3 cm³/mol. The van der Waals surface area contributed by atoms with Crippen molar-refractivity contribution in [2.75, 3.05) is 0 Å². The van der Waals surface area contributed by atoms with E-state index >= 15 is 0 Å². The molecule has 1 unspecified atom stereocenters. The van der Waals surface area contributed by atoms with Gasteiger partial charge >= 0.3 is 0 Å². The zero-order valence-electron chi connectivity index (χ0n) is 9.53. The lowest BCUT2D eigenvalue weighted by Crippen LogP contribution is -1.93. The molecule has 0 aliphatic rings. The zero-order chi connectivity index (χ0) is 11.3. The Balaban J connectivity index is 2.57. The van der Waals surface area contributed by atoms with Crippen molar-refractivity contribution in [1.82, 2.24) is 0 Å². The molecule has 2 nitrogen and oxygen atoms in total. The summed E-state index contributed by atoms with van der Waals surface area (Å²) >= 11 is 0. The summed E-state index contributed by atoms with van der Waals surface area (Å²) in [7, 11) is 0. The van der Waals surface area contributed by atoms with Gasteiger partial charge in [-0.05, 0) is 30.0 Å². The van der Waals surface area contributed by atoms with E-state index in [1.54, 1.807) is 12.1 Å². The van der Waals surface area contributed by atoms with Gasteiger partial charge in [0.15, 0.2) is 11.5 Å². The van der Waals surface area contributed by atoms with Crippen LogP contribution in [0.1, 0.15) is 51.0 Å². The summed E-state index contributed by atoms with van der Waals surface area (Å²) in [6.07, 6.45) is 4.85. The van der Waals surface area contributed by atoms with Crippen LogP contribution in [0.3, 0.4) is 0 Å². The summed E-state index contributed by atoms with van der Waals surface area (Å²) in [5.41, 5.74) is 1.10. The molecular weight excluding hydrogens is 188 g/mol. The Morgan fingerprint density at radius 1 is 1.13 bits per heavy atom. The number of phenolic OH excluding ortho intramolecular Hbond substituents is 2. The van der Waals surface area contributed by atoms with E-state index in [1.165, 1.54) is 19.3 Å². The molecule has 0 saturated heterocycles. The molecule has 1 atom stereocenters. The molecule has 84 valence electrons. The van der Waals surface area contributed by atoms with Crippen molar-refractivity contribution in [3.8, 4) is 11.5 Å². The van der Waals surface area contributed by atoms with Crippen LogP contribution in [0.2, 0.25) is 0 Å². The van der Waals surface area contributed by atoms with Crippen molar-refractivity contribution in [1.29, 1.82) is 0 Å². The Morgan fingerprint density at radius 2 is 1.87 bits per heavy atom. The van der Waals surface area contributed by atoms with Crippen LogP contribution >= 0.6 is 0 Å². The molecule has 1 rings (SSSR count). The molecule has 2 N–H and O–H groups in total. The van der Waals surface area contributed by atoms with E-state index in [0.29, 0.717) is 5.92 Å². The SMILES string of the molecule is CCCCCC(C)c1ccc(O)c(O)c1. The highest BCUT2D eigenvalue weighted by Gasteiger charge is 2.07. The zero-order valence-corrected chi connectivity index (χ0v) is 9.53. The summed E-state index contributed by atoms with van der Waals surface area (Å²) in [4.78, 5) is 0. The predicted octanol–water partition coefficient (Wildman–Crippen LogP) is 3.78. The minimum atomic E-state index is -0.0421. The van der Waals surface area contributed by atoms with E-state index in [1.807, 2.05) is 6.07 Å². The molecule has 0 aliphatic carbocycles. The van der Waals surface area contributed by atoms with Crippen molar-refractivity contribution < 1.29 is 10.2 Å². The Morgan fingerprint density at radius 3 is 2.47 bits per heavy atom. The van der Waals surface area contributed by atoms with Gasteiger partial charge < -0.3 is 10.2 Å². The topological polar surface area (TPSA) is 40.5 Å². The van der Waals surface area contributed by atoms with Gasteiger partial charge in [-0.25, -0.2) is 0 Å². The van der Waals surface area contributed by atoms with E-state index < -0.39 is 0 Å². The van der Waals surface area contributed by atoms with Crippen molar-refractivity contribution in [3.05, 3.63) is 23.8 Å². The third-order valence-corrected chi connectivity index (χ3v) is 2.81.